The Labute approximate surface area is 127 Å². The predicted molar refractivity (Wildman–Crippen MR) is 82.8 cm³/mol. The van der Waals surface area contributed by atoms with Crippen LogP contribution in [0.15, 0.2) is 29.3 Å². The van der Waals surface area contributed by atoms with Crippen LogP contribution in [-0.2, 0) is 6.18 Å². The van der Waals surface area contributed by atoms with Crippen molar-refractivity contribution in [2.45, 2.75) is 38.1 Å². The number of nitrogens with one attached hydrogen (secondary N) is 1. The highest BCUT2D eigenvalue weighted by Gasteiger charge is 2.30. The molecule has 0 aliphatic carbocycles. The minimum atomic E-state index is -4.29. The van der Waals surface area contributed by atoms with E-state index >= 15 is 0 Å². The number of hydrogen-bond donors (Lipinski definition) is 1. The van der Waals surface area contributed by atoms with Gasteiger partial charge in [-0.1, -0.05) is 38.5 Å². The van der Waals surface area contributed by atoms with E-state index in [1.54, 1.807) is 11.8 Å². The first-order valence-corrected chi connectivity index (χ1v) is 7.97. The number of anilines is 1. The van der Waals surface area contributed by atoms with Gasteiger partial charge in [0.05, 0.1) is 12.1 Å². The molecule has 0 bridgehead atoms. The van der Waals surface area contributed by atoms with E-state index in [-0.39, 0.29) is 0 Å². The lowest BCUT2D eigenvalue weighted by molar-refractivity contribution is -0.137. The topological polar surface area (TPSA) is 24.4 Å². The monoisotopic (exact) mass is 316 g/mol. The number of rotatable bonds is 4. The lowest BCUT2D eigenvalue weighted by Gasteiger charge is -2.18. The van der Waals surface area contributed by atoms with E-state index in [1.165, 1.54) is 12.1 Å². The third kappa shape index (κ3) is 4.15. The van der Waals surface area contributed by atoms with Gasteiger partial charge < -0.3 is 5.32 Å². The Bertz CT molecular complexity index is 493. The van der Waals surface area contributed by atoms with E-state index in [0.29, 0.717) is 16.9 Å². The van der Waals surface area contributed by atoms with Gasteiger partial charge in [-0.25, -0.2) is 0 Å². The molecule has 0 radical (unpaired) electrons. The molecular formula is C15H19F3N2S. The third-order valence-corrected chi connectivity index (χ3v) is 5.01. The lowest BCUT2D eigenvalue weighted by atomic mass is 9.99. The summed E-state index contributed by atoms with van der Waals surface area (Å²) in [4.78, 5) is 4.45. The van der Waals surface area contributed by atoms with Crippen LogP contribution in [0, 0.1) is 5.92 Å². The summed E-state index contributed by atoms with van der Waals surface area (Å²) >= 11 is 1.69. The summed E-state index contributed by atoms with van der Waals surface area (Å²) in [6, 6.07) is 5.05. The first-order chi connectivity index (χ1) is 9.94. The van der Waals surface area contributed by atoms with Gasteiger partial charge in [-0.3, -0.25) is 4.99 Å². The van der Waals surface area contributed by atoms with Gasteiger partial charge in [0.2, 0.25) is 0 Å². The fourth-order valence-electron chi connectivity index (χ4n) is 2.39. The van der Waals surface area contributed by atoms with E-state index in [4.69, 9.17) is 0 Å². The normalized spacial score (nSPS) is 19.0. The highest BCUT2D eigenvalue weighted by molar-refractivity contribution is 8.15. The molecule has 1 atom stereocenters. The second-order valence-corrected chi connectivity index (χ2v) is 6.31. The van der Waals surface area contributed by atoms with E-state index in [2.05, 4.69) is 24.2 Å². The van der Waals surface area contributed by atoms with Gasteiger partial charge in [-0.15, -0.1) is 0 Å². The molecule has 1 heterocycles. The predicted octanol–water partition coefficient (Wildman–Crippen LogP) is 5.02. The molecule has 0 saturated carbocycles. The summed E-state index contributed by atoms with van der Waals surface area (Å²) in [5, 5.41) is 4.37. The molecule has 1 aliphatic heterocycles. The molecule has 116 valence electrons. The molecule has 0 fully saturated rings. The number of alkyl halides is 3. The van der Waals surface area contributed by atoms with Crippen LogP contribution >= 0.6 is 11.8 Å². The molecule has 21 heavy (non-hydrogen) atoms. The average molecular weight is 316 g/mol. The zero-order valence-electron chi connectivity index (χ0n) is 12.1. The van der Waals surface area contributed by atoms with Crippen molar-refractivity contribution >= 4 is 22.6 Å². The van der Waals surface area contributed by atoms with Crippen molar-refractivity contribution in [1.29, 1.82) is 0 Å². The zero-order valence-corrected chi connectivity index (χ0v) is 12.9. The van der Waals surface area contributed by atoms with Crippen LogP contribution in [0.25, 0.3) is 0 Å². The molecule has 1 aromatic rings. The molecule has 1 aliphatic rings. The van der Waals surface area contributed by atoms with Crippen LogP contribution in [0.3, 0.4) is 0 Å². The summed E-state index contributed by atoms with van der Waals surface area (Å²) in [7, 11) is 0. The SMILES string of the molecule is CCC(CC)C1CN=C(Nc2ccc(C(F)(F)F)cc2)S1. The Balaban J connectivity index is 1.94. The van der Waals surface area contributed by atoms with Gasteiger partial charge >= 0.3 is 6.18 Å². The van der Waals surface area contributed by atoms with Crippen molar-refractivity contribution in [2.24, 2.45) is 10.9 Å². The van der Waals surface area contributed by atoms with Crippen LogP contribution in [0.4, 0.5) is 18.9 Å². The second kappa shape index (κ2) is 6.73. The Morgan fingerprint density at radius 2 is 1.86 bits per heavy atom. The van der Waals surface area contributed by atoms with Crippen molar-refractivity contribution in [2.75, 3.05) is 11.9 Å². The quantitative estimate of drug-likeness (QED) is 0.843. The molecule has 6 heteroatoms. The number of nitrogens with zero attached hydrogens (tertiary/aromatic N) is 1. The number of benzene rings is 1. The first kappa shape index (κ1) is 16.2. The summed E-state index contributed by atoms with van der Waals surface area (Å²) in [6.45, 7) is 5.13. The fraction of sp³-hybridized carbons (Fsp3) is 0.533. The summed E-state index contributed by atoms with van der Waals surface area (Å²) in [6.07, 6.45) is -2.05. The van der Waals surface area contributed by atoms with Crippen molar-refractivity contribution in [3.8, 4) is 0 Å². The Morgan fingerprint density at radius 3 is 2.38 bits per heavy atom. The van der Waals surface area contributed by atoms with Gasteiger partial charge in [-0.2, -0.15) is 13.2 Å². The van der Waals surface area contributed by atoms with Gasteiger partial charge in [0.25, 0.3) is 0 Å². The van der Waals surface area contributed by atoms with Crippen LogP contribution in [0.5, 0.6) is 0 Å². The molecule has 0 spiro atoms. The number of amidine groups is 1. The van der Waals surface area contributed by atoms with Gasteiger partial charge in [0.15, 0.2) is 5.17 Å². The molecule has 1 unspecified atom stereocenters. The maximum atomic E-state index is 12.5. The average Bonchev–Trinajstić information content (AvgIpc) is 2.88. The largest absolute Gasteiger partial charge is 0.416 e. The standard InChI is InChI=1S/C15H19F3N2S/c1-3-10(4-2)13-9-19-14(21-13)20-12-7-5-11(6-8-12)15(16,17)18/h5-8,10,13H,3-4,9H2,1-2H3,(H,19,20). The molecule has 0 amide bonds. The molecule has 0 saturated heterocycles. The van der Waals surface area contributed by atoms with Gasteiger partial charge in [-0.05, 0) is 30.2 Å². The molecule has 1 aromatic carbocycles. The minimum absolute atomic E-state index is 0.469. The van der Waals surface area contributed by atoms with Crippen molar-refractivity contribution in [1.82, 2.24) is 0 Å². The maximum absolute atomic E-state index is 12.5. The zero-order chi connectivity index (χ0) is 15.5. The summed E-state index contributed by atoms with van der Waals surface area (Å²) in [5.74, 6) is 0.630. The fourth-order valence-corrected chi connectivity index (χ4v) is 3.72. The Kier molecular flexibility index (Phi) is 5.19. The summed E-state index contributed by atoms with van der Waals surface area (Å²) in [5.41, 5.74) is 0.00316. The first-order valence-electron chi connectivity index (χ1n) is 7.09. The molecule has 2 nitrogen and oxygen atoms in total. The minimum Gasteiger partial charge on any atom is -0.335 e. The van der Waals surface area contributed by atoms with E-state index < -0.39 is 11.7 Å². The molecule has 1 N–H and O–H groups in total. The number of halogens is 3. The smallest absolute Gasteiger partial charge is 0.335 e. The number of hydrogen-bond acceptors (Lipinski definition) is 3. The van der Waals surface area contributed by atoms with E-state index in [1.807, 2.05) is 0 Å². The number of thioether (sulfide) groups is 1. The van der Waals surface area contributed by atoms with Crippen molar-refractivity contribution in [3.05, 3.63) is 29.8 Å². The van der Waals surface area contributed by atoms with Crippen LogP contribution in [-0.4, -0.2) is 17.0 Å². The third-order valence-electron chi connectivity index (χ3n) is 3.72. The molecule has 0 aromatic heterocycles. The van der Waals surface area contributed by atoms with Crippen LogP contribution < -0.4 is 5.32 Å². The van der Waals surface area contributed by atoms with Crippen molar-refractivity contribution < 1.29 is 13.2 Å². The number of aliphatic imine (C=N–C) groups is 1. The van der Waals surface area contributed by atoms with Gasteiger partial charge in [0.1, 0.15) is 0 Å². The van der Waals surface area contributed by atoms with E-state index in [9.17, 15) is 13.2 Å². The van der Waals surface area contributed by atoms with Crippen molar-refractivity contribution in [3.63, 3.8) is 0 Å². The highest BCUT2D eigenvalue weighted by atomic mass is 32.2. The van der Waals surface area contributed by atoms with E-state index in [0.717, 1.165) is 36.7 Å². The molecule has 2 rings (SSSR count). The summed E-state index contributed by atoms with van der Waals surface area (Å²) < 4.78 is 37.5. The second-order valence-electron chi connectivity index (χ2n) is 5.08. The lowest BCUT2D eigenvalue weighted by Crippen LogP contribution is -2.17. The molecular weight excluding hydrogens is 297 g/mol. The Hall–Kier alpha value is -1.17. The van der Waals surface area contributed by atoms with Gasteiger partial charge in [0, 0.05) is 10.9 Å². The Morgan fingerprint density at radius 1 is 1.24 bits per heavy atom. The highest BCUT2D eigenvalue weighted by Crippen LogP contribution is 2.33. The maximum Gasteiger partial charge on any atom is 0.416 e. The van der Waals surface area contributed by atoms with Crippen LogP contribution in [0.2, 0.25) is 0 Å². The van der Waals surface area contributed by atoms with Crippen LogP contribution in [0.1, 0.15) is 32.3 Å².